The Morgan fingerprint density at radius 1 is 0.735 bits per heavy atom. The average molecular weight is 445 g/mol. The van der Waals surface area contributed by atoms with E-state index >= 15 is 0 Å². The molecule has 0 aliphatic heterocycles. The maximum atomic E-state index is 13.5. The number of hydrogen-bond acceptors (Lipinski definition) is 3. The first-order valence-corrected chi connectivity index (χ1v) is 11.2. The van der Waals surface area contributed by atoms with Crippen LogP contribution in [0.15, 0.2) is 126 Å². The fourth-order valence-electron chi connectivity index (χ4n) is 4.01. The molecule has 0 saturated heterocycles. The maximum Gasteiger partial charge on any atom is 0.335 e. The predicted octanol–water partition coefficient (Wildman–Crippen LogP) is 6.49. The first-order chi connectivity index (χ1) is 16.8. The number of carbonyl (C=O) groups is 1. The highest BCUT2D eigenvalue weighted by Crippen LogP contribution is 2.29. The number of aromatic amines is 1. The third-order valence-electron chi connectivity index (χ3n) is 5.72. The molecule has 4 nitrogen and oxygen atoms in total. The first-order valence-electron chi connectivity index (χ1n) is 11.2. The second-order valence-corrected chi connectivity index (χ2v) is 8.00. The van der Waals surface area contributed by atoms with Crippen molar-refractivity contribution >= 4 is 22.6 Å². The smallest absolute Gasteiger partial charge is 0.335 e. The zero-order valence-electron chi connectivity index (χ0n) is 18.6. The normalized spacial score (nSPS) is 11.6. The van der Waals surface area contributed by atoms with Gasteiger partial charge in [-0.2, -0.15) is 0 Å². The van der Waals surface area contributed by atoms with Crippen LogP contribution in [0.2, 0.25) is 0 Å². The van der Waals surface area contributed by atoms with Crippen LogP contribution in [-0.4, -0.2) is 16.7 Å². The van der Waals surface area contributed by atoms with Crippen molar-refractivity contribution in [2.24, 2.45) is 4.99 Å². The van der Waals surface area contributed by atoms with E-state index in [0.717, 1.165) is 38.9 Å². The molecule has 1 atom stereocenters. The van der Waals surface area contributed by atoms with Gasteiger partial charge in [-0.15, -0.1) is 0 Å². The van der Waals surface area contributed by atoms with Gasteiger partial charge in [0.15, 0.2) is 6.04 Å². The number of nitrogens with zero attached hydrogens (tertiary/aromatic N) is 1. The quantitative estimate of drug-likeness (QED) is 0.230. The van der Waals surface area contributed by atoms with Gasteiger partial charge >= 0.3 is 5.97 Å². The number of hydrogen-bond donors (Lipinski definition) is 1. The Balaban J connectivity index is 1.60. The van der Waals surface area contributed by atoms with Gasteiger partial charge < -0.3 is 9.72 Å². The molecule has 1 N–H and O–H groups in total. The Kier molecular flexibility index (Phi) is 6.30. The molecule has 0 aliphatic rings. The lowest BCUT2D eigenvalue weighted by Gasteiger charge is -2.16. The van der Waals surface area contributed by atoms with E-state index in [4.69, 9.17) is 9.73 Å². The van der Waals surface area contributed by atoms with E-state index in [1.165, 1.54) is 0 Å². The van der Waals surface area contributed by atoms with Gasteiger partial charge in [0.1, 0.15) is 6.61 Å². The lowest BCUT2D eigenvalue weighted by atomic mass is 10.0. The molecule has 0 aliphatic carbocycles. The van der Waals surface area contributed by atoms with Crippen molar-refractivity contribution in [3.8, 4) is 0 Å². The summed E-state index contributed by atoms with van der Waals surface area (Å²) in [6, 6.07) is 36.6. The Hall–Kier alpha value is -4.44. The van der Waals surface area contributed by atoms with Gasteiger partial charge in [0.05, 0.1) is 5.71 Å². The number of carbonyl (C=O) groups excluding carboxylic acids is 1. The molecule has 34 heavy (non-hydrogen) atoms. The predicted molar refractivity (Wildman–Crippen MR) is 136 cm³/mol. The largest absolute Gasteiger partial charge is 0.459 e. The number of fused-ring (bicyclic) bond motifs is 1. The van der Waals surface area contributed by atoms with E-state index in [1.807, 2.05) is 121 Å². The van der Waals surface area contributed by atoms with Gasteiger partial charge in [-0.05, 0) is 11.6 Å². The molecular formula is C30H24N2O2. The summed E-state index contributed by atoms with van der Waals surface area (Å²) in [5.41, 5.74) is 5.30. The van der Waals surface area contributed by atoms with E-state index in [1.54, 1.807) is 0 Å². The summed E-state index contributed by atoms with van der Waals surface area (Å²) < 4.78 is 5.78. The third-order valence-corrected chi connectivity index (χ3v) is 5.72. The van der Waals surface area contributed by atoms with Gasteiger partial charge in [0.25, 0.3) is 0 Å². The number of aliphatic imine (C=N–C) groups is 1. The molecule has 1 aromatic heterocycles. The SMILES string of the molecule is O=C(OCc1ccccc1)[C@@H](N=C(c1ccccc1)c1ccccc1)c1c[nH]c2ccccc12. The summed E-state index contributed by atoms with van der Waals surface area (Å²) in [4.78, 5) is 21.8. The van der Waals surface area contributed by atoms with Crippen molar-refractivity contribution < 1.29 is 9.53 Å². The van der Waals surface area contributed by atoms with Crippen molar-refractivity contribution in [1.82, 2.24) is 4.98 Å². The molecule has 5 aromatic rings. The van der Waals surface area contributed by atoms with Crippen LogP contribution in [0.4, 0.5) is 0 Å². The summed E-state index contributed by atoms with van der Waals surface area (Å²) in [6.45, 7) is 0.195. The molecule has 4 aromatic carbocycles. The van der Waals surface area contributed by atoms with E-state index < -0.39 is 12.0 Å². The minimum absolute atomic E-state index is 0.195. The Morgan fingerprint density at radius 3 is 1.94 bits per heavy atom. The zero-order valence-corrected chi connectivity index (χ0v) is 18.6. The minimum Gasteiger partial charge on any atom is -0.459 e. The molecule has 1 heterocycles. The third kappa shape index (κ3) is 4.66. The van der Waals surface area contributed by atoms with Gasteiger partial charge in [-0.3, -0.25) is 4.99 Å². The lowest BCUT2D eigenvalue weighted by Crippen LogP contribution is -2.17. The van der Waals surface area contributed by atoms with Crippen LogP contribution in [0.1, 0.15) is 28.3 Å². The number of para-hydroxylation sites is 1. The molecule has 0 radical (unpaired) electrons. The van der Waals surface area contributed by atoms with Crippen LogP contribution < -0.4 is 0 Å². The van der Waals surface area contributed by atoms with Crippen molar-refractivity contribution in [3.05, 3.63) is 144 Å². The fraction of sp³-hybridized carbons (Fsp3) is 0.0667. The van der Waals surface area contributed by atoms with Crippen molar-refractivity contribution in [3.63, 3.8) is 0 Å². The van der Waals surface area contributed by atoms with Crippen LogP contribution in [0.3, 0.4) is 0 Å². The van der Waals surface area contributed by atoms with E-state index in [9.17, 15) is 4.79 Å². The summed E-state index contributed by atoms with van der Waals surface area (Å²) >= 11 is 0. The highest BCUT2D eigenvalue weighted by atomic mass is 16.5. The molecule has 5 rings (SSSR count). The van der Waals surface area contributed by atoms with Crippen LogP contribution in [0.5, 0.6) is 0 Å². The van der Waals surface area contributed by atoms with E-state index in [0.29, 0.717) is 0 Å². The van der Waals surface area contributed by atoms with Gasteiger partial charge in [-0.1, -0.05) is 109 Å². The number of esters is 1. The first kappa shape index (κ1) is 21.4. The standard InChI is InChI=1S/C30H24N2O2/c33-30(34-21-22-12-4-1-5-13-22)29(26-20-31-27-19-11-10-18-25(26)27)32-28(23-14-6-2-7-15-23)24-16-8-3-9-17-24/h1-20,29,31H,21H2/t29-/m0/s1. The topological polar surface area (TPSA) is 54.4 Å². The van der Waals surface area contributed by atoms with Crippen LogP contribution >= 0.6 is 0 Å². The highest BCUT2D eigenvalue weighted by Gasteiger charge is 2.26. The zero-order chi connectivity index (χ0) is 23.2. The summed E-state index contributed by atoms with van der Waals surface area (Å²) in [5.74, 6) is -0.391. The van der Waals surface area contributed by atoms with Crippen molar-refractivity contribution in [2.45, 2.75) is 12.6 Å². The number of nitrogens with one attached hydrogen (secondary N) is 1. The molecule has 0 bridgehead atoms. The average Bonchev–Trinajstić information content (AvgIpc) is 3.33. The Morgan fingerprint density at radius 2 is 1.29 bits per heavy atom. The summed E-state index contributed by atoms with van der Waals surface area (Å²) in [5, 5.41) is 0.952. The molecule has 0 spiro atoms. The monoisotopic (exact) mass is 444 g/mol. The molecule has 4 heteroatoms. The second kappa shape index (κ2) is 10.0. The molecule has 166 valence electrons. The Labute approximate surface area is 198 Å². The number of H-pyrrole nitrogens is 1. The summed E-state index contributed by atoms with van der Waals surface area (Å²) in [7, 11) is 0. The van der Waals surface area contributed by atoms with Crippen LogP contribution in [0, 0.1) is 0 Å². The van der Waals surface area contributed by atoms with E-state index in [-0.39, 0.29) is 6.61 Å². The van der Waals surface area contributed by atoms with Crippen LogP contribution in [0.25, 0.3) is 10.9 Å². The lowest BCUT2D eigenvalue weighted by molar-refractivity contribution is -0.146. The number of ether oxygens (including phenoxy) is 1. The molecule has 0 amide bonds. The van der Waals surface area contributed by atoms with E-state index in [2.05, 4.69) is 4.98 Å². The van der Waals surface area contributed by atoms with Gasteiger partial charge in [0.2, 0.25) is 0 Å². The molecular weight excluding hydrogens is 420 g/mol. The maximum absolute atomic E-state index is 13.5. The molecule has 0 unspecified atom stereocenters. The van der Waals surface area contributed by atoms with Gasteiger partial charge in [0, 0.05) is 33.8 Å². The van der Waals surface area contributed by atoms with Crippen LogP contribution in [-0.2, 0) is 16.1 Å². The van der Waals surface area contributed by atoms with Crippen molar-refractivity contribution in [2.75, 3.05) is 0 Å². The number of benzene rings is 4. The summed E-state index contributed by atoms with van der Waals surface area (Å²) in [6.07, 6.45) is 1.86. The number of rotatable bonds is 7. The van der Waals surface area contributed by atoms with Crippen molar-refractivity contribution in [1.29, 1.82) is 0 Å². The van der Waals surface area contributed by atoms with Gasteiger partial charge in [-0.25, -0.2) is 4.79 Å². The second-order valence-electron chi connectivity index (χ2n) is 8.00. The fourth-order valence-corrected chi connectivity index (χ4v) is 4.01. The number of aromatic nitrogens is 1. The highest BCUT2D eigenvalue weighted by molar-refractivity contribution is 6.13. The molecule has 0 saturated carbocycles. The molecule has 0 fully saturated rings. The minimum atomic E-state index is -0.824. The Bertz CT molecular complexity index is 1370.